The Morgan fingerprint density at radius 1 is 1.25 bits per heavy atom. The van der Waals surface area contributed by atoms with Crippen LogP contribution in [0.3, 0.4) is 0 Å². The Morgan fingerprint density at radius 2 is 1.96 bits per heavy atom. The number of anilines is 2. The van der Waals surface area contributed by atoms with Crippen LogP contribution < -0.4 is 11.1 Å². The third kappa shape index (κ3) is 3.45. The molecule has 4 nitrogen and oxygen atoms in total. The van der Waals surface area contributed by atoms with Crippen molar-refractivity contribution < 1.29 is 4.79 Å². The van der Waals surface area contributed by atoms with Gasteiger partial charge in [-0.3, -0.25) is 4.79 Å². The summed E-state index contributed by atoms with van der Waals surface area (Å²) in [5, 5.41) is 5.37. The molecule has 0 aliphatic rings. The second kappa shape index (κ2) is 6.93. The molecular formula is C17H13BrClN3OS. The van der Waals surface area contributed by atoms with Gasteiger partial charge in [0.1, 0.15) is 11.6 Å². The van der Waals surface area contributed by atoms with E-state index in [-0.39, 0.29) is 5.91 Å². The van der Waals surface area contributed by atoms with Crippen molar-refractivity contribution in [3.63, 3.8) is 0 Å². The van der Waals surface area contributed by atoms with Crippen LogP contribution in [0.15, 0.2) is 45.6 Å². The summed E-state index contributed by atoms with van der Waals surface area (Å²) in [4.78, 5) is 16.5. The van der Waals surface area contributed by atoms with E-state index in [0.717, 1.165) is 20.5 Å². The summed E-state index contributed by atoms with van der Waals surface area (Å²) in [6.07, 6.45) is 0. The van der Waals surface area contributed by atoms with Crippen LogP contribution in [0.5, 0.6) is 0 Å². The lowest BCUT2D eigenvalue weighted by Gasteiger charge is -2.09. The third-order valence-electron chi connectivity index (χ3n) is 3.47. The molecule has 2 heterocycles. The van der Waals surface area contributed by atoms with Gasteiger partial charge in [0, 0.05) is 21.7 Å². The summed E-state index contributed by atoms with van der Waals surface area (Å²) < 4.78 is 1.01. The van der Waals surface area contributed by atoms with Gasteiger partial charge in [0.2, 0.25) is 0 Å². The lowest BCUT2D eigenvalue weighted by Crippen LogP contribution is -2.13. The van der Waals surface area contributed by atoms with E-state index in [9.17, 15) is 4.79 Å². The molecule has 3 rings (SSSR count). The average Bonchev–Trinajstić information content (AvgIpc) is 2.87. The maximum atomic E-state index is 12.2. The smallest absolute Gasteiger partial charge is 0.256 e. The standard InChI is InChI=1S/C17H13BrClN3OS/c1-9-8-24-15(18)14(9)12-6-7-13(21-16(12)20)22-17(23)10-2-4-11(19)5-3-10/h2-8H,1H3,(H3,20,21,22,23). The zero-order valence-corrected chi connectivity index (χ0v) is 15.8. The number of benzene rings is 1. The SMILES string of the molecule is Cc1csc(Br)c1-c1ccc(NC(=O)c2ccc(Cl)cc2)nc1N. The van der Waals surface area contributed by atoms with Crippen molar-refractivity contribution in [2.45, 2.75) is 6.92 Å². The first-order valence-electron chi connectivity index (χ1n) is 7.03. The van der Waals surface area contributed by atoms with Crippen molar-refractivity contribution in [2.24, 2.45) is 0 Å². The van der Waals surface area contributed by atoms with E-state index in [4.69, 9.17) is 17.3 Å². The molecule has 3 N–H and O–H groups in total. The van der Waals surface area contributed by atoms with Crippen LogP contribution in [0.4, 0.5) is 11.6 Å². The molecule has 0 saturated heterocycles. The number of aryl methyl sites for hydroxylation is 1. The van der Waals surface area contributed by atoms with Gasteiger partial charge in [-0.15, -0.1) is 11.3 Å². The molecule has 122 valence electrons. The normalized spacial score (nSPS) is 10.6. The van der Waals surface area contributed by atoms with Gasteiger partial charge in [0.15, 0.2) is 0 Å². The first-order chi connectivity index (χ1) is 11.5. The zero-order valence-electron chi connectivity index (χ0n) is 12.6. The lowest BCUT2D eigenvalue weighted by atomic mass is 10.1. The second-order valence-corrected chi connectivity index (χ2v) is 7.79. The highest BCUT2D eigenvalue weighted by atomic mass is 79.9. The molecule has 0 spiro atoms. The molecule has 0 fully saturated rings. The highest BCUT2D eigenvalue weighted by molar-refractivity contribution is 9.11. The molecular weight excluding hydrogens is 410 g/mol. The summed E-state index contributed by atoms with van der Waals surface area (Å²) in [6.45, 7) is 2.02. The molecule has 0 saturated carbocycles. The van der Waals surface area contributed by atoms with Crippen LogP contribution in [-0.2, 0) is 0 Å². The number of aromatic nitrogens is 1. The second-order valence-electron chi connectivity index (χ2n) is 5.16. The molecule has 1 amide bonds. The van der Waals surface area contributed by atoms with Gasteiger partial charge >= 0.3 is 0 Å². The number of amides is 1. The van der Waals surface area contributed by atoms with Crippen molar-refractivity contribution >= 4 is 56.4 Å². The fraction of sp³-hybridized carbons (Fsp3) is 0.0588. The van der Waals surface area contributed by atoms with Crippen LogP contribution >= 0.6 is 38.9 Å². The van der Waals surface area contributed by atoms with E-state index in [1.165, 1.54) is 0 Å². The minimum Gasteiger partial charge on any atom is -0.383 e. The van der Waals surface area contributed by atoms with Crippen molar-refractivity contribution in [1.29, 1.82) is 0 Å². The van der Waals surface area contributed by atoms with Crippen LogP contribution in [0, 0.1) is 6.92 Å². The monoisotopic (exact) mass is 421 g/mol. The van der Waals surface area contributed by atoms with Crippen LogP contribution in [-0.4, -0.2) is 10.9 Å². The summed E-state index contributed by atoms with van der Waals surface area (Å²) in [5.74, 6) is 0.505. The van der Waals surface area contributed by atoms with Crippen molar-refractivity contribution in [1.82, 2.24) is 4.98 Å². The van der Waals surface area contributed by atoms with Crippen LogP contribution in [0.2, 0.25) is 5.02 Å². The number of hydrogen-bond donors (Lipinski definition) is 2. The van der Waals surface area contributed by atoms with Gasteiger partial charge in [-0.1, -0.05) is 11.6 Å². The fourth-order valence-corrected chi connectivity index (χ4v) is 4.00. The summed E-state index contributed by atoms with van der Waals surface area (Å²) in [6, 6.07) is 10.2. The Hall–Kier alpha value is -1.89. The Bertz CT molecular complexity index is 889. The Kier molecular flexibility index (Phi) is 4.89. The summed E-state index contributed by atoms with van der Waals surface area (Å²) in [5.41, 5.74) is 9.58. The van der Waals surface area contributed by atoms with E-state index >= 15 is 0 Å². The number of carbonyl (C=O) groups excluding carboxylic acids is 1. The number of halogens is 2. The third-order valence-corrected chi connectivity index (χ3v) is 5.56. The Labute approximate surface area is 156 Å². The van der Waals surface area contributed by atoms with E-state index in [1.54, 1.807) is 41.7 Å². The highest BCUT2D eigenvalue weighted by Gasteiger charge is 2.14. The molecule has 1 aromatic carbocycles. The first kappa shape index (κ1) is 17.0. The maximum absolute atomic E-state index is 12.2. The number of hydrogen-bond acceptors (Lipinski definition) is 4. The number of nitrogens with one attached hydrogen (secondary N) is 1. The van der Waals surface area contributed by atoms with Crippen molar-refractivity contribution in [3.05, 3.63) is 61.7 Å². The van der Waals surface area contributed by atoms with Crippen LogP contribution in [0.1, 0.15) is 15.9 Å². The number of nitrogen functional groups attached to an aromatic ring is 1. The van der Waals surface area contributed by atoms with Crippen LogP contribution in [0.25, 0.3) is 11.1 Å². The zero-order chi connectivity index (χ0) is 17.3. The van der Waals surface area contributed by atoms with E-state index < -0.39 is 0 Å². The molecule has 24 heavy (non-hydrogen) atoms. The molecule has 0 radical (unpaired) electrons. The number of rotatable bonds is 3. The summed E-state index contributed by atoms with van der Waals surface area (Å²) >= 11 is 11.0. The van der Waals surface area contributed by atoms with Gasteiger partial charge in [-0.25, -0.2) is 4.98 Å². The largest absolute Gasteiger partial charge is 0.383 e. The van der Waals surface area contributed by atoms with E-state index in [1.807, 2.05) is 13.0 Å². The molecule has 0 aliphatic heterocycles. The molecule has 0 aliphatic carbocycles. The Morgan fingerprint density at radius 3 is 2.54 bits per heavy atom. The highest BCUT2D eigenvalue weighted by Crippen LogP contribution is 2.39. The van der Waals surface area contributed by atoms with Gasteiger partial charge in [0.25, 0.3) is 5.91 Å². The minimum absolute atomic E-state index is 0.265. The first-order valence-corrected chi connectivity index (χ1v) is 9.08. The summed E-state index contributed by atoms with van der Waals surface area (Å²) in [7, 11) is 0. The van der Waals surface area contributed by atoms with Crippen molar-refractivity contribution in [3.8, 4) is 11.1 Å². The predicted molar refractivity (Wildman–Crippen MR) is 104 cm³/mol. The molecule has 0 unspecified atom stereocenters. The molecule has 3 aromatic rings. The minimum atomic E-state index is -0.265. The van der Waals surface area contributed by atoms with Gasteiger partial charge < -0.3 is 11.1 Å². The number of nitrogens with two attached hydrogens (primary N) is 1. The van der Waals surface area contributed by atoms with E-state index in [2.05, 4.69) is 31.6 Å². The fourth-order valence-electron chi connectivity index (χ4n) is 2.28. The topological polar surface area (TPSA) is 68.0 Å². The van der Waals surface area contributed by atoms with E-state index in [0.29, 0.717) is 22.2 Å². The van der Waals surface area contributed by atoms with Gasteiger partial charge in [-0.2, -0.15) is 0 Å². The number of nitrogens with zero attached hydrogens (tertiary/aromatic N) is 1. The molecule has 0 atom stereocenters. The number of carbonyl (C=O) groups is 1. The molecule has 7 heteroatoms. The van der Waals surface area contributed by atoms with Crippen molar-refractivity contribution in [2.75, 3.05) is 11.1 Å². The quantitative estimate of drug-likeness (QED) is 0.596. The maximum Gasteiger partial charge on any atom is 0.256 e. The number of thiophene rings is 1. The molecule has 2 aromatic heterocycles. The Balaban J connectivity index is 1.85. The predicted octanol–water partition coefficient (Wildman–Crippen LogP) is 5.37. The molecule has 0 bridgehead atoms. The van der Waals surface area contributed by atoms with Gasteiger partial charge in [0.05, 0.1) is 3.79 Å². The number of pyridine rings is 1. The lowest BCUT2D eigenvalue weighted by molar-refractivity contribution is 0.102. The van der Waals surface area contributed by atoms with Gasteiger partial charge in [-0.05, 0) is 70.2 Å². The average molecular weight is 423 g/mol.